The molecular weight excluding hydrogens is 573 g/mol. The van der Waals surface area contributed by atoms with E-state index < -0.39 is 0 Å². The Bertz CT molecular complexity index is 1380. The van der Waals surface area contributed by atoms with Crippen LogP contribution in [0.15, 0.2) is 60.7 Å². The van der Waals surface area contributed by atoms with Gasteiger partial charge in [-0.3, -0.25) is 0 Å². The zero-order valence-corrected chi connectivity index (χ0v) is 26.7. The van der Waals surface area contributed by atoms with Crippen LogP contribution in [0.4, 0.5) is 27.7 Å². The van der Waals surface area contributed by atoms with Crippen molar-refractivity contribution in [2.24, 2.45) is 11.8 Å². The monoisotopic (exact) mass is 617 g/mol. The summed E-state index contributed by atoms with van der Waals surface area (Å²) >= 11 is 5.80. The van der Waals surface area contributed by atoms with Gasteiger partial charge in [-0.1, -0.05) is 44.2 Å². The third kappa shape index (κ3) is 7.24. The molecule has 3 aliphatic heterocycles. The number of halogens is 1. The normalized spacial score (nSPS) is 22.0. The maximum absolute atomic E-state index is 13.7. The topological polar surface area (TPSA) is 68.8 Å². The summed E-state index contributed by atoms with van der Waals surface area (Å²) in [5.41, 5.74) is 2.17. The van der Waals surface area contributed by atoms with Crippen molar-refractivity contribution in [2.45, 2.75) is 38.5 Å². The highest BCUT2D eigenvalue weighted by Crippen LogP contribution is 2.35. The number of thiocarbonyl (C=S) groups is 1. The van der Waals surface area contributed by atoms with Crippen molar-refractivity contribution in [2.75, 3.05) is 79.0 Å². The number of rotatable bonds is 7. The van der Waals surface area contributed by atoms with E-state index in [1.807, 2.05) is 12.1 Å². The second-order valence-electron chi connectivity index (χ2n) is 12.8. The van der Waals surface area contributed by atoms with Gasteiger partial charge in [-0.25, -0.2) is 4.39 Å². The maximum atomic E-state index is 13.7. The third-order valence-corrected chi connectivity index (χ3v) is 9.58. The second-order valence-corrected chi connectivity index (χ2v) is 13.2. The molecule has 0 aliphatic carbocycles. The van der Waals surface area contributed by atoms with Gasteiger partial charge in [-0.15, -0.1) is 0 Å². The van der Waals surface area contributed by atoms with Crippen molar-refractivity contribution in [3.8, 4) is 0 Å². The van der Waals surface area contributed by atoms with Crippen LogP contribution in [0.25, 0.3) is 0 Å². The molecule has 234 valence electrons. The van der Waals surface area contributed by atoms with Gasteiger partial charge in [0, 0.05) is 76.2 Å². The molecule has 6 rings (SSSR count). The van der Waals surface area contributed by atoms with E-state index in [0.717, 1.165) is 69.3 Å². The highest BCUT2D eigenvalue weighted by atomic mass is 32.1. The molecule has 0 radical (unpaired) electrons. The van der Waals surface area contributed by atoms with Gasteiger partial charge in [-0.05, 0) is 73.1 Å². The Balaban J connectivity index is 1.19. The zero-order valence-electron chi connectivity index (χ0n) is 25.8. The van der Waals surface area contributed by atoms with Crippen molar-refractivity contribution in [3.05, 3.63) is 72.0 Å². The lowest BCUT2D eigenvalue weighted by Crippen LogP contribution is -2.47. The first-order valence-electron chi connectivity index (χ1n) is 15.9. The Morgan fingerprint density at radius 1 is 0.886 bits per heavy atom. The largest absolute Gasteiger partial charge is 0.381 e. The molecule has 8 nitrogen and oxygen atoms in total. The standard InChI is InChI=1S/C34H44FN7OS/c1-25-20-26(2)23-42(22-25)31-21-30(41-16-14-40(15-17-41)29-6-4-3-5-7-29)37-32(38-31)39-33(44)36-24-34(12-18-43-19-13-34)27-8-10-28(35)11-9-27/h3-11,21,25-26H,12-20,22-24H2,1-2H3,(H2,36,37,38,39,44)/t25-,26-/m1/s1. The van der Waals surface area contributed by atoms with Crippen LogP contribution in [-0.2, 0) is 10.2 Å². The SMILES string of the molecule is C[C@@H]1C[C@@H](C)CN(c2cc(N3CCN(c4ccccc4)CC3)nc(NC(=S)NCC3(c4ccc(F)cc4)CCOCC3)n2)C1. The summed E-state index contributed by atoms with van der Waals surface area (Å²) in [6.45, 7) is 12.2. The van der Waals surface area contributed by atoms with Gasteiger partial charge in [0.2, 0.25) is 5.95 Å². The summed E-state index contributed by atoms with van der Waals surface area (Å²) in [5.74, 6) is 3.35. The molecule has 4 heterocycles. The predicted molar refractivity (Wildman–Crippen MR) is 180 cm³/mol. The third-order valence-electron chi connectivity index (χ3n) is 9.34. The van der Waals surface area contributed by atoms with E-state index in [-0.39, 0.29) is 11.2 Å². The van der Waals surface area contributed by atoms with E-state index in [9.17, 15) is 4.39 Å². The Morgan fingerprint density at radius 3 is 2.16 bits per heavy atom. The van der Waals surface area contributed by atoms with Crippen LogP contribution in [0.2, 0.25) is 0 Å². The number of nitrogens with zero attached hydrogens (tertiary/aromatic N) is 5. The molecule has 3 fully saturated rings. The number of para-hydroxylation sites is 1. The number of nitrogens with one attached hydrogen (secondary N) is 2. The van der Waals surface area contributed by atoms with Crippen LogP contribution in [0, 0.1) is 17.7 Å². The molecule has 3 saturated heterocycles. The Hall–Kier alpha value is -3.50. The van der Waals surface area contributed by atoms with E-state index in [4.69, 9.17) is 26.9 Å². The molecule has 1 aromatic heterocycles. The quantitative estimate of drug-likeness (QED) is 0.337. The molecule has 2 N–H and O–H groups in total. The minimum Gasteiger partial charge on any atom is -0.381 e. The van der Waals surface area contributed by atoms with Crippen LogP contribution < -0.4 is 25.3 Å². The number of benzene rings is 2. The number of piperidine rings is 1. The second kappa shape index (κ2) is 13.6. The number of anilines is 4. The summed E-state index contributed by atoms with van der Waals surface area (Å²) in [6, 6.07) is 19.6. The number of piperazine rings is 1. The summed E-state index contributed by atoms with van der Waals surface area (Å²) in [6.07, 6.45) is 2.91. The highest BCUT2D eigenvalue weighted by Gasteiger charge is 2.35. The molecule has 44 heavy (non-hydrogen) atoms. The summed E-state index contributed by atoms with van der Waals surface area (Å²) < 4.78 is 19.4. The molecule has 10 heteroatoms. The van der Waals surface area contributed by atoms with Gasteiger partial charge in [-0.2, -0.15) is 9.97 Å². The molecular formula is C34H44FN7OS. The Labute approximate surface area is 266 Å². The minimum atomic E-state index is -0.229. The first kappa shape index (κ1) is 30.5. The summed E-state index contributed by atoms with van der Waals surface area (Å²) in [4.78, 5) is 17.1. The fourth-order valence-corrected chi connectivity index (χ4v) is 7.18. The molecule has 3 aliphatic rings. The molecule has 0 spiro atoms. The fourth-order valence-electron chi connectivity index (χ4n) is 7.01. The van der Waals surface area contributed by atoms with Gasteiger partial charge >= 0.3 is 0 Å². The van der Waals surface area contributed by atoms with Crippen molar-refractivity contribution in [1.82, 2.24) is 15.3 Å². The molecule has 0 amide bonds. The van der Waals surface area contributed by atoms with Gasteiger partial charge in [0.15, 0.2) is 5.11 Å². The number of aromatic nitrogens is 2. The summed E-state index contributed by atoms with van der Waals surface area (Å²) in [5, 5.41) is 7.25. The fraction of sp³-hybridized carbons (Fsp3) is 0.500. The van der Waals surface area contributed by atoms with Gasteiger partial charge in [0.1, 0.15) is 17.5 Å². The molecule has 2 aromatic carbocycles. The number of hydrogen-bond donors (Lipinski definition) is 2. The van der Waals surface area contributed by atoms with Crippen molar-refractivity contribution < 1.29 is 9.13 Å². The van der Waals surface area contributed by atoms with Crippen LogP contribution in [0.5, 0.6) is 0 Å². The van der Waals surface area contributed by atoms with E-state index in [0.29, 0.717) is 42.7 Å². The van der Waals surface area contributed by atoms with Crippen LogP contribution in [0.3, 0.4) is 0 Å². The van der Waals surface area contributed by atoms with E-state index >= 15 is 0 Å². The highest BCUT2D eigenvalue weighted by molar-refractivity contribution is 7.80. The zero-order chi connectivity index (χ0) is 30.5. The Morgan fingerprint density at radius 2 is 1.50 bits per heavy atom. The molecule has 2 atom stereocenters. The minimum absolute atomic E-state index is 0.190. The molecule has 3 aromatic rings. The average Bonchev–Trinajstić information content (AvgIpc) is 3.04. The first-order chi connectivity index (χ1) is 21.4. The Kier molecular flexibility index (Phi) is 9.47. The smallest absolute Gasteiger partial charge is 0.232 e. The van der Waals surface area contributed by atoms with Gasteiger partial charge < -0.3 is 30.1 Å². The van der Waals surface area contributed by atoms with Crippen LogP contribution in [-0.4, -0.2) is 74.1 Å². The predicted octanol–water partition coefficient (Wildman–Crippen LogP) is 5.46. The van der Waals surface area contributed by atoms with Crippen LogP contribution >= 0.6 is 12.2 Å². The van der Waals surface area contributed by atoms with Crippen molar-refractivity contribution >= 4 is 40.6 Å². The van der Waals surface area contributed by atoms with Crippen molar-refractivity contribution in [1.29, 1.82) is 0 Å². The van der Waals surface area contributed by atoms with Crippen LogP contribution in [0.1, 0.15) is 38.7 Å². The average molecular weight is 618 g/mol. The summed E-state index contributed by atoms with van der Waals surface area (Å²) in [7, 11) is 0. The lowest BCUT2D eigenvalue weighted by Gasteiger charge is -2.39. The lowest BCUT2D eigenvalue weighted by molar-refractivity contribution is 0.0515. The van der Waals surface area contributed by atoms with Crippen molar-refractivity contribution in [3.63, 3.8) is 0 Å². The van der Waals surface area contributed by atoms with Gasteiger partial charge in [0.05, 0.1) is 0 Å². The number of ether oxygens (including phenoxy) is 1. The van der Waals surface area contributed by atoms with E-state index in [1.54, 1.807) is 0 Å². The van der Waals surface area contributed by atoms with E-state index in [1.165, 1.54) is 24.2 Å². The molecule has 0 unspecified atom stereocenters. The lowest BCUT2D eigenvalue weighted by atomic mass is 9.74. The number of hydrogen-bond acceptors (Lipinski definition) is 7. The molecule has 0 bridgehead atoms. The molecule has 0 saturated carbocycles. The van der Waals surface area contributed by atoms with E-state index in [2.05, 4.69) is 75.6 Å². The van der Waals surface area contributed by atoms with Gasteiger partial charge in [0.25, 0.3) is 0 Å². The first-order valence-corrected chi connectivity index (χ1v) is 16.4. The maximum Gasteiger partial charge on any atom is 0.232 e.